The number of methoxy groups -OCH3 is 1. The van der Waals surface area contributed by atoms with Gasteiger partial charge in [-0.1, -0.05) is 53.7 Å². The Morgan fingerprint density at radius 3 is 2.82 bits per heavy atom. The van der Waals surface area contributed by atoms with E-state index in [0.29, 0.717) is 27.0 Å². The number of amides is 1. The van der Waals surface area contributed by atoms with Crippen molar-refractivity contribution in [3.8, 4) is 11.4 Å². The van der Waals surface area contributed by atoms with Crippen LogP contribution in [0.5, 0.6) is 5.75 Å². The molecule has 0 atom stereocenters. The molecule has 0 fully saturated rings. The van der Waals surface area contributed by atoms with Gasteiger partial charge in [0.1, 0.15) is 10.6 Å². The first-order chi connectivity index (χ1) is 19.0. The van der Waals surface area contributed by atoms with Gasteiger partial charge in [0, 0.05) is 15.5 Å². The monoisotopic (exact) mass is 574 g/mol. The molecular formula is C29H23ClN4O3S2. The van der Waals surface area contributed by atoms with Crippen LogP contribution in [0.2, 0.25) is 5.02 Å². The molecule has 39 heavy (non-hydrogen) atoms. The van der Waals surface area contributed by atoms with E-state index in [0.717, 1.165) is 46.0 Å². The molecule has 6 rings (SSSR count). The maximum Gasteiger partial charge on any atom is 0.267 e. The van der Waals surface area contributed by atoms with Crippen LogP contribution in [0.15, 0.2) is 75.7 Å². The molecule has 7 nitrogen and oxygen atoms in total. The summed E-state index contributed by atoms with van der Waals surface area (Å²) in [6.07, 6.45) is 4.51. The number of hydrogen-bond donors (Lipinski definition) is 1. The molecule has 0 saturated heterocycles. The highest BCUT2D eigenvalue weighted by atomic mass is 35.5. The molecule has 5 aromatic rings. The SMILES string of the molecule is COc1ccc2ccccc2c1C=NNC(=O)CSc1nc2sc3c(c2c(=O)n1-c1ccc(Cl)cc1)CCC3. The van der Waals surface area contributed by atoms with Crippen molar-refractivity contribution < 1.29 is 9.53 Å². The lowest BCUT2D eigenvalue weighted by Crippen LogP contribution is -2.24. The minimum Gasteiger partial charge on any atom is -0.496 e. The van der Waals surface area contributed by atoms with Crippen LogP contribution < -0.4 is 15.7 Å². The number of carbonyl (C=O) groups excluding carboxylic acids is 1. The van der Waals surface area contributed by atoms with Crippen LogP contribution in [0.4, 0.5) is 0 Å². The Morgan fingerprint density at radius 1 is 1.18 bits per heavy atom. The number of fused-ring (bicyclic) bond motifs is 4. The number of rotatable bonds is 7. The average molecular weight is 575 g/mol. The van der Waals surface area contributed by atoms with Gasteiger partial charge >= 0.3 is 0 Å². The van der Waals surface area contributed by atoms with Crippen molar-refractivity contribution in [2.45, 2.75) is 24.4 Å². The highest BCUT2D eigenvalue weighted by molar-refractivity contribution is 7.99. The van der Waals surface area contributed by atoms with E-state index in [1.54, 1.807) is 53.5 Å². The largest absolute Gasteiger partial charge is 0.496 e. The van der Waals surface area contributed by atoms with E-state index in [-0.39, 0.29) is 17.2 Å². The quantitative estimate of drug-likeness (QED) is 0.112. The molecule has 2 aromatic heterocycles. The minimum atomic E-state index is -0.318. The molecule has 0 unspecified atom stereocenters. The van der Waals surface area contributed by atoms with E-state index in [2.05, 4.69) is 10.5 Å². The van der Waals surface area contributed by atoms with Gasteiger partial charge in [-0.2, -0.15) is 5.10 Å². The van der Waals surface area contributed by atoms with Gasteiger partial charge in [0.25, 0.3) is 11.5 Å². The maximum absolute atomic E-state index is 13.7. The van der Waals surface area contributed by atoms with E-state index in [1.165, 1.54) is 16.6 Å². The van der Waals surface area contributed by atoms with Gasteiger partial charge < -0.3 is 4.74 Å². The number of thioether (sulfide) groups is 1. The molecule has 1 amide bonds. The van der Waals surface area contributed by atoms with Crippen molar-refractivity contribution in [2.75, 3.05) is 12.9 Å². The number of aromatic nitrogens is 2. The third-order valence-electron chi connectivity index (χ3n) is 6.66. The summed E-state index contributed by atoms with van der Waals surface area (Å²) in [5.74, 6) is 0.371. The van der Waals surface area contributed by atoms with Crippen LogP contribution in [0, 0.1) is 0 Å². The zero-order valence-electron chi connectivity index (χ0n) is 20.9. The zero-order chi connectivity index (χ0) is 26.9. The van der Waals surface area contributed by atoms with E-state index < -0.39 is 0 Å². The number of aryl methyl sites for hydroxylation is 2. The van der Waals surface area contributed by atoms with Crippen molar-refractivity contribution in [1.82, 2.24) is 15.0 Å². The number of halogens is 1. The molecule has 1 N–H and O–H groups in total. The van der Waals surface area contributed by atoms with E-state index in [4.69, 9.17) is 21.3 Å². The third-order valence-corrected chi connectivity index (χ3v) is 9.04. The summed E-state index contributed by atoms with van der Waals surface area (Å²) in [5.41, 5.74) is 5.01. The van der Waals surface area contributed by atoms with E-state index in [1.807, 2.05) is 36.4 Å². The molecular weight excluding hydrogens is 552 g/mol. The van der Waals surface area contributed by atoms with Crippen molar-refractivity contribution >= 4 is 67.8 Å². The maximum atomic E-state index is 13.7. The second kappa shape index (κ2) is 10.8. The number of nitrogens with one attached hydrogen (secondary N) is 1. The number of hydrazone groups is 1. The molecule has 0 radical (unpaired) electrons. The number of hydrogen-bond acceptors (Lipinski definition) is 7. The normalized spacial score (nSPS) is 12.9. The van der Waals surface area contributed by atoms with Gasteiger partial charge in [0.15, 0.2) is 5.16 Å². The fourth-order valence-electron chi connectivity index (χ4n) is 4.86. The highest BCUT2D eigenvalue weighted by Crippen LogP contribution is 2.36. The predicted octanol–water partition coefficient (Wildman–Crippen LogP) is 5.99. The second-order valence-electron chi connectivity index (χ2n) is 9.03. The number of thiophene rings is 1. The second-order valence-corrected chi connectivity index (χ2v) is 11.5. The molecule has 1 aliphatic rings. The standard InChI is InChI=1S/C29H23ClN4O3S2/c1-37-23-14-9-17-5-2-3-6-20(17)22(23)15-31-33-25(35)16-38-29-32-27-26(21-7-4-8-24(21)39-27)28(36)34(29)19-12-10-18(30)11-13-19/h2-3,5-6,9-15H,4,7-8,16H2,1H3,(H,33,35). The third kappa shape index (κ3) is 4.93. The fraction of sp³-hybridized carbons (Fsp3) is 0.172. The Hall–Kier alpha value is -3.66. The Kier molecular flexibility index (Phi) is 7.12. The number of nitrogens with zero attached hydrogens (tertiary/aromatic N) is 3. The summed E-state index contributed by atoms with van der Waals surface area (Å²) < 4.78 is 7.07. The first kappa shape index (κ1) is 25.6. The van der Waals surface area contributed by atoms with Gasteiger partial charge in [-0.15, -0.1) is 11.3 Å². The Morgan fingerprint density at radius 2 is 2.00 bits per heavy atom. The van der Waals surface area contributed by atoms with Crippen LogP contribution in [-0.4, -0.2) is 34.5 Å². The Bertz CT molecular complexity index is 1810. The van der Waals surface area contributed by atoms with Gasteiger partial charge in [-0.05, 0) is 65.9 Å². The lowest BCUT2D eigenvalue weighted by Gasteiger charge is -2.12. The van der Waals surface area contributed by atoms with Crippen molar-refractivity contribution in [1.29, 1.82) is 0 Å². The summed E-state index contributed by atoms with van der Waals surface area (Å²) >= 11 is 8.87. The van der Waals surface area contributed by atoms with Crippen molar-refractivity contribution in [3.05, 3.63) is 92.0 Å². The summed E-state index contributed by atoms with van der Waals surface area (Å²) in [5, 5.41) is 7.91. The summed E-state index contributed by atoms with van der Waals surface area (Å²) in [7, 11) is 1.60. The first-order valence-electron chi connectivity index (χ1n) is 12.4. The lowest BCUT2D eigenvalue weighted by molar-refractivity contribution is -0.118. The Balaban J connectivity index is 1.26. The fourth-order valence-corrected chi connectivity index (χ4v) is 7.09. The van der Waals surface area contributed by atoms with Gasteiger partial charge in [-0.25, -0.2) is 10.4 Å². The van der Waals surface area contributed by atoms with Crippen LogP contribution in [0.25, 0.3) is 26.7 Å². The number of ether oxygens (including phenoxy) is 1. The summed E-state index contributed by atoms with van der Waals surface area (Å²) in [4.78, 5) is 33.3. The van der Waals surface area contributed by atoms with Crippen LogP contribution in [0.3, 0.4) is 0 Å². The molecule has 0 aliphatic heterocycles. The Labute approximate surface area is 237 Å². The van der Waals surface area contributed by atoms with Crippen molar-refractivity contribution in [2.24, 2.45) is 5.10 Å². The molecule has 196 valence electrons. The average Bonchev–Trinajstić information content (AvgIpc) is 3.54. The predicted molar refractivity (Wildman–Crippen MR) is 159 cm³/mol. The number of carbonyl (C=O) groups is 1. The molecule has 2 heterocycles. The van der Waals surface area contributed by atoms with E-state index in [9.17, 15) is 9.59 Å². The molecule has 0 bridgehead atoms. The van der Waals surface area contributed by atoms with Crippen LogP contribution in [-0.2, 0) is 17.6 Å². The first-order valence-corrected chi connectivity index (χ1v) is 14.5. The van der Waals surface area contributed by atoms with Crippen LogP contribution >= 0.6 is 34.7 Å². The summed E-state index contributed by atoms with van der Waals surface area (Å²) in [6.45, 7) is 0. The molecule has 0 spiro atoms. The molecule has 10 heteroatoms. The molecule has 0 saturated carbocycles. The van der Waals surface area contributed by atoms with Gasteiger partial charge in [-0.3, -0.25) is 14.2 Å². The van der Waals surface area contributed by atoms with Crippen LogP contribution in [0.1, 0.15) is 22.4 Å². The summed E-state index contributed by atoms with van der Waals surface area (Å²) in [6, 6.07) is 18.8. The lowest BCUT2D eigenvalue weighted by atomic mass is 10.0. The van der Waals surface area contributed by atoms with E-state index >= 15 is 0 Å². The van der Waals surface area contributed by atoms with Crippen molar-refractivity contribution in [3.63, 3.8) is 0 Å². The molecule has 1 aliphatic carbocycles. The topological polar surface area (TPSA) is 85.6 Å². The number of benzene rings is 3. The molecule has 3 aromatic carbocycles. The minimum absolute atomic E-state index is 0.0284. The van der Waals surface area contributed by atoms with Gasteiger partial charge in [0.05, 0.1) is 30.2 Å². The smallest absolute Gasteiger partial charge is 0.267 e. The zero-order valence-corrected chi connectivity index (χ0v) is 23.3. The van der Waals surface area contributed by atoms with Gasteiger partial charge in [0.2, 0.25) is 0 Å². The highest BCUT2D eigenvalue weighted by Gasteiger charge is 2.24.